The number of aromatic amines is 1. The maximum Gasteiger partial charge on any atom is 0.414 e. The number of carbonyl (C=O) groups excluding carboxylic acids is 1. The van der Waals surface area contributed by atoms with Gasteiger partial charge in [0.25, 0.3) is 0 Å². The molecular formula is C13H20N4O2. The van der Waals surface area contributed by atoms with Crippen LogP contribution in [0.2, 0.25) is 0 Å². The minimum atomic E-state index is -0.502. The molecule has 0 saturated carbocycles. The van der Waals surface area contributed by atoms with Gasteiger partial charge in [-0.2, -0.15) is 0 Å². The van der Waals surface area contributed by atoms with Crippen LogP contribution < -0.4 is 5.32 Å². The second kappa shape index (κ2) is 5.71. The molecule has 1 heterocycles. The topological polar surface area (TPSA) is 70.2 Å². The number of aromatic nitrogens is 2. The molecule has 2 aromatic rings. The van der Waals surface area contributed by atoms with Gasteiger partial charge >= 0.3 is 6.09 Å². The summed E-state index contributed by atoms with van der Waals surface area (Å²) in [5, 5.41) is 2.58. The van der Waals surface area contributed by atoms with Crippen LogP contribution in [0.1, 0.15) is 6.99 Å². The second-order valence-corrected chi connectivity index (χ2v) is 4.67. The lowest BCUT2D eigenvalue weighted by Gasteiger charge is -2.09. The molecule has 1 aromatic heterocycles. The molecule has 0 aliphatic carbocycles. The van der Waals surface area contributed by atoms with E-state index in [0.717, 1.165) is 16.6 Å². The van der Waals surface area contributed by atoms with Gasteiger partial charge < -0.3 is 14.6 Å². The third-order valence-electron chi connectivity index (χ3n) is 2.63. The molecule has 0 atom stereocenters. The van der Waals surface area contributed by atoms with Crippen LogP contribution in [0.3, 0.4) is 0 Å². The number of aryl methyl sites for hydroxylation is 1. The summed E-state index contributed by atoms with van der Waals surface area (Å²) in [6, 6.07) is 5.86. The van der Waals surface area contributed by atoms with E-state index in [2.05, 4.69) is 15.3 Å². The molecule has 0 fully saturated rings. The Labute approximate surface area is 113 Å². The van der Waals surface area contributed by atoms with Crippen LogP contribution in [-0.4, -0.2) is 48.2 Å². The molecule has 1 amide bonds. The van der Waals surface area contributed by atoms with Crippen LogP contribution in [0.15, 0.2) is 18.2 Å². The molecular weight excluding hydrogens is 244 g/mol. The summed E-state index contributed by atoms with van der Waals surface area (Å²) in [5.41, 5.74) is 2.84. The zero-order valence-electron chi connectivity index (χ0n) is 11.4. The third-order valence-corrected chi connectivity index (χ3v) is 2.63. The molecule has 0 saturated heterocycles. The molecule has 104 valence electrons. The van der Waals surface area contributed by atoms with Crippen molar-refractivity contribution >= 4 is 23.1 Å². The van der Waals surface area contributed by atoms with Crippen LogP contribution in [0.25, 0.3) is 11.0 Å². The highest BCUT2D eigenvalue weighted by atomic mass is 16.5. The van der Waals surface area contributed by atoms with Gasteiger partial charge in [-0.25, -0.2) is 9.78 Å². The Kier molecular flexibility index (Phi) is 4.01. The van der Waals surface area contributed by atoms with Gasteiger partial charge in [-0.3, -0.25) is 5.32 Å². The molecule has 0 spiro atoms. The fourth-order valence-corrected chi connectivity index (χ4v) is 1.64. The normalized spacial score (nSPS) is 10.9. The van der Waals surface area contributed by atoms with E-state index in [0.29, 0.717) is 19.1 Å². The number of hydrogen-bond donors (Lipinski definition) is 2. The third kappa shape index (κ3) is 3.69. The van der Waals surface area contributed by atoms with Gasteiger partial charge in [-0.15, -0.1) is 0 Å². The first kappa shape index (κ1) is 13.4. The van der Waals surface area contributed by atoms with Crippen LogP contribution >= 0.6 is 0 Å². The Balaban J connectivity index is 0.00000200. The molecule has 0 unspecified atom stereocenters. The van der Waals surface area contributed by atoms with E-state index in [4.69, 9.17) is 4.74 Å². The number of nitrogens with zero attached hydrogens (tertiary/aromatic N) is 2. The summed E-state index contributed by atoms with van der Waals surface area (Å²) >= 11 is 0. The average molecular weight is 264 g/mol. The van der Waals surface area contributed by atoms with Gasteiger partial charge in [-0.1, -0.05) is 6.07 Å². The largest absolute Gasteiger partial charge is 0.448 e. The lowest BCUT2D eigenvalue weighted by Crippen LogP contribution is -2.22. The number of anilines is 1. The van der Waals surface area contributed by atoms with Crippen molar-refractivity contribution in [2.45, 2.75) is 6.92 Å². The zero-order chi connectivity index (χ0) is 13.8. The fraction of sp³-hybridized carbons (Fsp3) is 0.385. The zero-order valence-corrected chi connectivity index (χ0v) is 11.4. The summed E-state index contributed by atoms with van der Waals surface area (Å²) in [6.45, 7) is 3.04. The molecule has 0 radical (unpaired) electrons. The van der Waals surface area contributed by atoms with Crippen LogP contribution in [0.4, 0.5) is 10.7 Å². The molecule has 2 rings (SSSR count). The van der Waals surface area contributed by atoms with Gasteiger partial charge in [0.15, 0.2) is 0 Å². The van der Waals surface area contributed by atoms with E-state index in [1.54, 1.807) is 0 Å². The first-order chi connectivity index (χ1) is 9.04. The lowest BCUT2D eigenvalue weighted by molar-refractivity contribution is 0.151. The Morgan fingerprint density at radius 3 is 3.05 bits per heavy atom. The number of amides is 1. The van der Waals surface area contributed by atoms with Crippen molar-refractivity contribution in [2.24, 2.45) is 0 Å². The summed E-state index contributed by atoms with van der Waals surface area (Å²) < 4.78 is 5.02. The SMILES string of the molecule is Cc1ccc2nc(NC(=O)OCCN(C)C)[nH]c2c1.[HH]. The van der Waals surface area contributed by atoms with E-state index in [1.807, 2.05) is 44.1 Å². The molecule has 6 heteroatoms. The van der Waals surface area contributed by atoms with Crippen molar-refractivity contribution in [3.8, 4) is 0 Å². The molecule has 1 aromatic carbocycles. The van der Waals surface area contributed by atoms with Crippen molar-refractivity contribution < 1.29 is 11.0 Å². The number of benzene rings is 1. The van der Waals surface area contributed by atoms with Crippen molar-refractivity contribution in [3.63, 3.8) is 0 Å². The van der Waals surface area contributed by atoms with Gasteiger partial charge in [-0.05, 0) is 38.7 Å². The minimum absolute atomic E-state index is 0. The van der Waals surface area contributed by atoms with Crippen molar-refractivity contribution in [2.75, 3.05) is 32.6 Å². The minimum Gasteiger partial charge on any atom is -0.448 e. The monoisotopic (exact) mass is 264 g/mol. The van der Waals surface area contributed by atoms with E-state index in [9.17, 15) is 4.79 Å². The van der Waals surface area contributed by atoms with Crippen molar-refractivity contribution in [1.29, 1.82) is 0 Å². The first-order valence-corrected chi connectivity index (χ1v) is 6.09. The highest BCUT2D eigenvalue weighted by Gasteiger charge is 2.07. The van der Waals surface area contributed by atoms with Gasteiger partial charge in [0.1, 0.15) is 6.61 Å². The van der Waals surface area contributed by atoms with E-state index in [-0.39, 0.29) is 1.43 Å². The Bertz CT molecular complexity index is 583. The summed E-state index contributed by atoms with van der Waals surface area (Å²) in [5.74, 6) is 0.399. The summed E-state index contributed by atoms with van der Waals surface area (Å²) in [4.78, 5) is 20.8. The lowest BCUT2D eigenvalue weighted by atomic mass is 10.2. The quantitative estimate of drug-likeness (QED) is 0.888. The van der Waals surface area contributed by atoms with Crippen LogP contribution in [-0.2, 0) is 4.74 Å². The number of imidazole rings is 1. The highest BCUT2D eigenvalue weighted by Crippen LogP contribution is 2.15. The van der Waals surface area contributed by atoms with Crippen molar-refractivity contribution in [3.05, 3.63) is 23.8 Å². The molecule has 19 heavy (non-hydrogen) atoms. The summed E-state index contributed by atoms with van der Waals surface area (Å²) in [6.07, 6.45) is -0.502. The molecule has 0 bridgehead atoms. The Morgan fingerprint density at radius 2 is 2.32 bits per heavy atom. The number of rotatable bonds is 4. The standard InChI is InChI=1S/C13H18N4O2.H2/c1-9-4-5-10-11(8-9)15-12(14-10)16-13(18)19-7-6-17(2)3;/h4-5,8H,6-7H2,1-3H3,(H2,14,15,16,18);1H. The molecule has 6 nitrogen and oxygen atoms in total. The van der Waals surface area contributed by atoms with Crippen LogP contribution in [0.5, 0.6) is 0 Å². The number of hydrogen-bond acceptors (Lipinski definition) is 4. The molecule has 2 N–H and O–H groups in total. The van der Waals surface area contributed by atoms with E-state index in [1.165, 1.54) is 0 Å². The van der Waals surface area contributed by atoms with Gasteiger partial charge in [0, 0.05) is 7.97 Å². The van der Waals surface area contributed by atoms with Gasteiger partial charge in [0.2, 0.25) is 5.95 Å². The van der Waals surface area contributed by atoms with Gasteiger partial charge in [0.05, 0.1) is 11.0 Å². The number of ether oxygens (including phenoxy) is 1. The average Bonchev–Trinajstić information content (AvgIpc) is 2.69. The van der Waals surface area contributed by atoms with E-state index < -0.39 is 6.09 Å². The van der Waals surface area contributed by atoms with Crippen LogP contribution in [0, 0.1) is 6.92 Å². The predicted octanol–water partition coefficient (Wildman–Crippen LogP) is 2.23. The molecule has 0 aliphatic rings. The smallest absolute Gasteiger partial charge is 0.414 e. The number of likely N-dealkylation sites (N-methyl/N-ethyl adjacent to an activating group) is 1. The summed E-state index contributed by atoms with van der Waals surface area (Å²) in [7, 11) is 3.84. The predicted molar refractivity (Wildman–Crippen MR) is 76.5 cm³/mol. The van der Waals surface area contributed by atoms with E-state index >= 15 is 0 Å². The second-order valence-electron chi connectivity index (χ2n) is 4.67. The highest BCUT2D eigenvalue weighted by molar-refractivity contribution is 5.86. The number of carbonyl (C=O) groups is 1. The molecule has 0 aliphatic heterocycles. The fourth-order valence-electron chi connectivity index (χ4n) is 1.64. The Hall–Kier alpha value is -2.08. The number of fused-ring (bicyclic) bond motifs is 1. The number of nitrogens with one attached hydrogen (secondary N) is 2. The maximum absolute atomic E-state index is 11.5. The number of H-pyrrole nitrogens is 1. The maximum atomic E-state index is 11.5. The first-order valence-electron chi connectivity index (χ1n) is 6.09. The Morgan fingerprint density at radius 1 is 1.53 bits per heavy atom. The van der Waals surface area contributed by atoms with Crippen molar-refractivity contribution in [1.82, 2.24) is 14.9 Å².